The van der Waals surface area contributed by atoms with E-state index in [4.69, 9.17) is 4.43 Å². The molecular weight excluding hydrogens is 292 g/mol. The van der Waals surface area contributed by atoms with Gasteiger partial charge in [-0.15, -0.1) is 0 Å². The second-order valence-electron chi connectivity index (χ2n) is 8.17. The summed E-state index contributed by atoms with van der Waals surface area (Å²) in [6.07, 6.45) is -0.631. The topological polar surface area (TPSA) is 46.5 Å². The first-order chi connectivity index (χ1) is 9.76. The predicted molar refractivity (Wildman–Crippen MR) is 96.5 cm³/mol. The van der Waals surface area contributed by atoms with E-state index in [2.05, 4.69) is 54.3 Å². The number of carbonyl (C=O) groups excluding carboxylic acids is 1. The van der Waals surface area contributed by atoms with E-state index in [1.165, 1.54) is 0 Å². The van der Waals surface area contributed by atoms with Crippen LogP contribution in [0.25, 0.3) is 0 Å². The molecule has 4 heteroatoms. The Morgan fingerprint density at radius 2 is 1.68 bits per heavy atom. The van der Waals surface area contributed by atoms with Crippen LogP contribution in [0.5, 0.6) is 0 Å². The first-order valence-corrected chi connectivity index (χ1v) is 11.2. The fourth-order valence-electron chi connectivity index (χ4n) is 2.12. The van der Waals surface area contributed by atoms with E-state index in [-0.39, 0.29) is 22.8 Å². The highest BCUT2D eigenvalue weighted by molar-refractivity contribution is 6.74. The summed E-state index contributed by atoms with van der Waals surface area (Å²) in [5.74, 6) is -0.162. The molecule has 130 valence electrons. The molecule has 0 aromatic carbocycles. The molecule has 0 aliphatic heterocycles. The van der Waals surface area contributed by atoms with Crippen molar-refractivity contribution in [1.29, 1.82) is 0 Å². The van der Waals surface area contributed by atoms with E-state index >= 15 is 0 Å². The molecule has 3 nitrogen and oxygen atoms in total. The van der Waals surface area contributed by atoms with Gasteiger partial charge in [-0.25, -0.2) is 0 Å². The molecule has 0 aromatic heterocycles. The first-order valence-electron chi connectivity index (χ1n) is 8.33. The average molecular weight is 329 g/mol. The maximum atomic E-state index is 11.9. The third kappa shape index (κ3) is 5.32. The van der Waals surface area contributed by atoms with Gasteiger partial charge in [-0.1, -0.05) is 55.0 Å². The fourth-order valence-corrected chi connectivity index (χ4v) is 3.53. The van der Waals surface area contributed by atoms with Crippen molar-refractivity contribution in [2.75, 3.05) is 0 Å². The van der Waals surface area contributed by atoms with E-state index in [0.717, 1.165) is 0 Å². The number of carbonyl (C=O) groups is 1. The zero-order valence-electron chi connectivity index (χ0n) is 16.0. The molecule has 0 heterocycles. The van der Waals surface area contributed by atoms with Crippen molar-refractivity contribution >= 4 is 14.1 Å². The quantitative estimate of drug-likeness (QED) is 0.524. The molecule has 0 rings (SSSR count). The summed E-state index contributed by atoms with van der Waals surface area (Å²) < 4.78 is 6.48. The zero-order chi connectivity index (χ0) is 17.9. The molecule has 0 radical (unpaired) electrons. The number of hydrogen-bond donors (Lipinski definition) is 1. The van der Waals surface area contributed by atoms with E-state index in [0.29, 0.717) is 12.0 Å². The molecule has 1 N–H and O–H groups in total. The van der Waals surface area contributed by atoms with Crippen molar-refractivity contribution in [3.63, 3.8) is 0 Å². The molecule has 0 fully saturated rings. The second kappa shape index (κ2) is 7.89. The highest BCUT2D eigenvalue weighted by atomic mass is 28.4. The van der Waals surface area contributed by atoms with Crippen LogP contribution < -0.4 is 0 Å². The van der Waals surface area contributed by atoms with Gasteiger partial charge in [0, 0.05) is 12.3 Å². The van der Waals surface area contributed by atoms with Crippen molar-refractivity contribution in [1.82, 2.24) is 0 Å². The van der Waals surface area contributed by atoms with Gasteiger partial charge in [0.2, 0.25) is 0 Å². The highest BCUT2D eigenvalue weighted by Crippen LogP contribution is 2.39. The number of rotatable bonds is 8. The van der Waals surface area contributed by atoms with E-state index < -0.39 is 20.3 Å². The lowest BCUT2D eigenvalue weighted by Crippen LogP contribution is -2.47. The van der Waals surface area contributed by atoms with Crippen molar-refractivity contribution in [2.24, 2.45) is 11.8 Å². The van der Waals surface area contributed by atoms with Gasteiger partial charge in [0.05, 0.1) is 12.2 Å². The Morgan fingerprint density at radius 1 is 1.23 bits per heavy atom. The largest absolute Gasteiger partial charge is 0.410 e. The Hall–Kier alpha value is -0.453. The lowest BCUT2D eigenvalue weighted by molar-refractivity contribution is -0.124. The number of hydrogen-bond acceptors (Lipinski definition) is 3. The molecule has 0 amide bonds. The molecule has 0 saturated heterocycles. The standard InChI is InChI=1S/C18H36O3Si/c1-11-15(19)13(4)16(20)14(5)17(12(2)3)21-22(9,10)18(6,7)8/h12-13,16-17,20H,5,11H2,1-4,6-10H3/t13-,16+,17+/m1/s1. The summed E-state index contributed by atoms with van der Waals surface area (Å²) in [6, 6.07) is 0. The van der Waals surface area contributed by atoms with Gasteiger partial charge in [-0.3, -0.25) is 4.79 Å². The smallest absolute Gasteiger partial charge is 0.192 e. The van der Waals surface area contributed by atoms with Crippen molar-refractivity contribution < 1.29 is 14.3 Å². The summed E-state index contributed by atoms with van der Waals surface area (Å²) in [7, 11) is -1.97. The third-order valence-electron chi connectivity index (χ3n) is 4.91. The number of ketones is 1. The predicted octanol–water partition coefficient (Wildman–Crippen LogP) is 4.57. The van der Waals surface area contributed by atoms with Crippen LogP contribution in [0.15, 0.2) is 12.2 Å². The second-order valence-corrected chi connectivity index (χ2v) is 12.9. The summed E-state index contributed by atoms with van der Waals surface area (Å²) in [5.41, 5.74) is 0.633. The zero-order valence-corrected chi connectivity index (χ0v) is 17.0. The molecule has 0 aliphatic carbocycles. The number of aliphatic hydroxyl groups is 1. The monoisotopic (exact) mass is 328 g/mol. The van der Waals surface area contributed by atoms with Crippen molar-refractivity contribution in [3.05, 3.63) is 12.2 Å². The molecule has 0 saturated carbocycles. The molecule has 0 aromatic rings. The highest BCUT2D eigenvalue weighted by Gasteiger charge is 2.41. The maximum absolute atomic E-state index is 11.9. The Labute approximate surface area is 138 Å². The van der Waals surface area contributed by atoms with Crippen LogP contribution >= 0.6 is 0 Å². The van der Waals surface area contributed by atoms with Crippen LogP contribution in [-0.4, -0.2) is 31.4 Å². The summed E-state index contributed by atoms with van der Waals surface area (Å²) >= 11 is 0. The Kier molecular flexibility index (Phi) is 7.73. The average Bonchev–Trinajstić information content (AvgIpc) is 2.39. The van der Waals surface area contributed by atoms with Crippen molar-refractivity contribution in [2.45, 2.75) is 85.2 Å². The third-order valence-corrected chi connectivity index (χ3v) is 9.36. The van der Waals surface area contributed by atoms with Crippen LogP contribution in [0.3, 0.4) is 0 Å². The van der Waals surface area contributed by atoms with Crippen LogP contribution in [0, 0.1) is 11.8 Å². The lowest BCUT2D eigenvalue weighted by atomic mass is 9.87. The van der Waals surface area contributed by atoms with Crippen LogP contribution in [0.4, 0.5) is 0 Å². The summed E-state index contributed by atoms with van der Waals surface area (Å²) in [4.78, 5) is 11.9. The minimum absolute atomic E-state index is 0.0588. The molecule has 0 bridgehead atoms. The lowest BCUT2D eigenvalue weighted by Gasteiger charge is -2.42. The van der Waals surface area contributed by atoms with E-state index in [1.54, 1.807) is 6.92 Å². The van der Waals surface area contributed by atoms with Crippen LogP contribution in [0.1, 0.15) is 54.9 Å². The van der Waals surface area contributed by atoms with Crippen molar-refractivity contribution in [3.8, 4) is 0 Å². The van der Waals surface area contributed by atoms with Crippen LogP contribution in [0.2, 0.25) is 18.1 Å². The van der Waals surface area contributed by atoms with Gasteiger partial charge in [0.1, 0.15) is 5.78 Å². The number of aliphatic hydroxyl groups excluding tert-OH is 1. The summed E-state index contributed by atoms with van der Waals surface area (Å²) in [5, 5.41) is 10.6. The molecule has 0 unspecified atom stereocenters. The Bertz CT molecular complexity index is 394. The Morgan fingerprint density at radius 3 is 2.00 bits per heavy atom. The van der Waals surface area contributed by atoms with E-state index in [1.807, 2.05) is 6.92 Å². The SMILES string of the molecule is C=C([C@@H](O[Si](C)(C)C(C)(C)C)C(C)C)[C@@H](O)[C@H](C)C(=O)CC. The minimum Gasteiger partial charge on any atom is -0.410 e. The molecule has 22 heavy (non-hydrogen) atoms. The fraction of sp³-hybridized carbons (Fsp3) is 0.833. The van der Waals surface area contributed by atoms with Gasteiger partial charge in [-0.05, 0) is 29.6 Å². The van der Waals surface area contributed by atoms with Gasteiger partial charge < -0.3 is 9.53 Å². The van der Waals surface area contributed by atoms with E-state index in [9.17, 15) is 9.90 Å². The molecule has 3 atom stereocenters. The normalized spacial score (nSPS) is 17.2. The van der Waals surface area contributed by atoms with Crippen LogP contribution in [-0.2, 0) is 9.22 Å². The maximum Gasteiger partial charge on any atom is 0.192 e. The molecular formula is C18H36O3Si. The van der Waals surface area contributed by atoms with Gasteiger partial charge in [0.25, 0.3) is 0 Å². The van der Waals surface area contributed by atoms with Gasteiger partial charge in [-0.2, -0.15) is 0 Å². The molecule has 0 spiro atoms. The van der Waals surface area contributed by atoms with Gasteiger partial charge in [0.15, 0.2) is 8.32 Å². The minimum atomic E-state index is -1.97. The first kappa shape index (κ1) is 21.5. The number of Topliss-reactive ketones (excluding diaryl/α,β-unsaturated/α-hetero) is 1. The molecule has 0 aliphatic rings. The summed E-state index contributed by atoms with van der Waals surface area (Å²) in [6.45, 7) is 22.8. The van der Waals surface area contributed by atoms with Gasteiger partial charge >= 0.3 is 0 Å². The Balaban J connectivity index is 5.27.